The van der Waals surface area contributed by atoms with Crippen LogP contribution < -0.4 is 11.2 Å². The summed E-state index contributed by atoms with van der Waals surface area (Å²) in [5, 5.41) is 25.0. The maximum Gasteiger partial charge on any atom is 0.349 e. The van der Waals surface area contributed by atoms with E-state index in [1.807, 2.05) is 0 Å². The Balaban J connectivity index is 2.16. The highest BCUT2D eigenvalue weighted by Crippen LogP contribution is 2.29. The lowest BCUT2D eigenvalue weighted by atomic mass is 10.1. The molecule has 3 aromatic rings. The van der Waals surface area contributed by atoms with Crippen molar-refractivity contribution in [2.75, 3.05) is 0 Å². The molecule has 0 bridgehead atoms. The summed E-state index contributed by atoms with van der Waals surface area (Å²) < 4.78 is 0.593. The third kappa shape index (κ3) is 2.90. The lowest BCUT2D eigenvalue weighted by Gasteiger charge is -2.03. The molecule has 0 aliphatic rings. The van der Waals surface area contributed by atoms with E-state index in [0.717, 1.165) is 6.21 Å². The zero-order valence-corrected chi connectivity index (χ0v) is 13.0. The molecule has 0 fully saturated rings. The van der Waals surface area contributed by atoms with E-state index in [9.17, 15) is 24.8 Å². The molecule has 3 rings (SSSR count). The Morgan fingerprint density at radius 2 is 2.00 bits per heavy atom. The van der Waals surface area contributed by atoms with Gasteiger partial charge in [0.15, 0.2) is 0 Å². The van der Waals surface area contributed by atoms with E-state index in [-0.39, 0.29) is 10.9 Å². The number of benzene rings is 2. The maximum absolute atomic E-state index is 12.4. The number of phenolic OH excluding ortho intramolecular Hbond substituents is 1. The summed E-state index contributed by atoms with van der Waals surface area (Å²) in [7, 11) is 0. The number of aryl methyl sites for hydroxylation is 1. The molecule has 0 spiro atoms. The van der Waals surface area contributed by atoms with Gasteiger partial charge in [0.2, 0.25) is 5.75 Å². The minimum Gasteiger partial charge on any atom is -0.502 e. The third-order valence-corrected chi connectivity index (χ3v) is 3.56. The van der Waals surface area contributed by atoms with Gasteiger partial charge >= 0.3 is 11.4 Å². The largest absolute Gasteiger partial charge is 0.502 e. The van der Waals surface area contributed by atoms with Crippen molar-refractivity contribution in [2.45, 2.75) is 6.92 Å². The van der Waals surface area contributed by atoms with Crippen LogP contribution in [-0.2, 0) is 0 Å². The Bertz CT molecular complexity index is 1140. The molecular weight excluding hydrogens is 328 g/mol. The number of hydrogen-bond acceptors (Lipinski definition) is 6. The van der Waals surface area contributed by atoms with E-state index in [2.05, 4.69) is 10.1 Å². The Morgan fingerprint density at radius 3 is 2.72 bits per heavy atom. The fourth-order valence-corrected chi connectivity index (χ4v) is 2.40. The summed E-state index contributed by atoms with van der Waals surface area (Å²) in [5.74, 6) is -0.593. The van der Waals surface area contributed by atoms with Gasteiger partial charge in [0.05, 0.1) is 22.0 Å². The number of phenols is 1. The van der Waals surface area contributed by atoms with Gasteiger partial charge in [0.1, 0.15) is 0 Å². The Labute approximate surface area is 139 Å². The van der Waals surface area contributed by atoms with Crippen LogP contribution in [0.25, 0.3) is 10.9 Å². The number of rotatable bonds is 3. The van der Waals surface area contributed by atoms with Crippen LogP contribution in [-0.4, -0.2) is 25.9 Å². The minimum atomic E-state index is -0.762. The lowest BCUT2D eigenvalue weighted by molar-refractivity contribution is -0.385. The first-order chi connectivity index (χ1) is 11.9. The first-order valence-electron chi connectivity index (χ1n) is 7.15. The molecule has 1 heterocycles. The van der Waals surface area contributed by atoms with Crippen LogP contribution in [0.5, 0.6) is 5.75 Å². The van der Waals surface area contributed by atoms with E-state index in [1.54, 1.807) is 25.1 Å². The molecule has 1 aromatic heterocycles. The lowest BCUT2D eigenvalue weighted by Crippen LogP contribution is -2.32. The molecule has 0 saturated heterocycles. The molecule has 0 aliphatic carbocycles. The molecule has 0 aliphatic heterocycles. The Kier molecular flexibility index (Phi) is 3.89. The van der Waals surface area contributed by atoms with E-state index in [0.29, 0.717) is 15.8 Å². The van der Waals surface area contributed by atoms with Crippen LogP contribution >= 0.6 is 0 Å². The zero-order chi connectivity index (χ0) is 18.1. The molecule has 0 atom stereocenters. The highest BCUT2D eigenvalue weighted by atomic mass is 16.6. The SMILES string of the molecule is Cc1cc(/C=N/n2c(=O)[nH]c3ccccc3c2=O)c(O)c([N+](=O)[O-])c1. The van der Waals surface area contributed by atoms with Crippen LogP contribution in [0.15, 0.2) is 51.1 Å². The standard InChI is InChI=1S/C16H12N4O5/c1-9-6-10(14(21)13(7-9)20(24)25)8-17-19-15(22)11-4-2-3-5-12(11)18-16(19)23/h2-8,21H,1H3,(H,18,23)/b17-8+. The fraction of sp³-hybridized carbons (Fsp3) is 0.0625. The average Bonchev–Trinajstić information content (AvgIpc) is 2.57. The van der Waals surface area contributed by atoms with E-state index in [4.69, 9.17) is 0 Å². The molecule has 0 unspecified atom stereocenters. The number of nitro benzene ring substituents is 1. The van der Waals surface area contributed by atoms with Crippen LogP contribution in [0.3, 0.4) is 0 Å². The molecule has 0 radical (unpaired) electrons. The summed E-state index contributed by atoms with van der Waals surface area (Å²) in [5.41, 5.74) is -0.977. The van der Waals surface area contributed by atoms with Crippen LogP contribution in [0, 0.1) is 17.0 Å². The number of fused-ring (bicyclic) bond motifs is 1. The van der Waals surface area contributed by atoms with Crippen molar-refractivity contribution >= 4 is 22.8 Å². The Hall–Kier alpha value is -3.75. The number of nitrogens with one attached hydrogen (secondary N) is 1. The smallest absolute Gasteiger partial charge is 0.349 e. The fourth-order valence-electron chi connectivity index (χ4n) is 2.40. The number of nitrogens with zero attached hydrogens (tertiary/aromatic N) is 3. The molecule has 9 nitrogen and oxygen atoms in total. The highest BCUT2D eigenvalue weighted by molar-refractivity contribution is 5.86. The van der Waals surface area contributed by atoms with Gasteiger partial charge in [-0.25, -0.2) is 4.79 Å². The predicted molar refractivity (Wildman–Crippen MR) is 91.3 cm³/mol. The van der Waals surface area contributed by atoms with Gasteiger partial charge in [-0.1, -0.05) is 12.1 Å². The number of aromatic amines is 1. The van der Waals surface area contributed by atoms with Crippen LogP contribution in [0.1, 0.15) is 11.1 Å². The second kappa shape index (κ2) is 6.04. The quantitative estimate of drug-likeness (QED) is 0.424. The summed E-state index contributed by atoms with van der Waals surface area (Å²) in [4.78, 5) is 37.1. The van der Waals surface area contributed by atoms with Gasteiger partial charge in [-0.2, -0.15) is 5.10 Å². The van der Waals surface area contributed by atoms with Gasteiger partial charge in [0.25, 0.3) is 5.56 Å². The van der Waals surface area contributed by atoms with Crippen molar-refractivity contribution in [1.82, 2.24) is 9.66 Å². The molecular formula is C16H12N4O5. The minimum absolute atomic E-state index is 0.0196. The molecule has 126 valence electrons. The van der Waals surface area contributed by atoms with Gasteiger partial charge in [-0.15, -0.1) is 4.68 Å². The number of hydrogen-bond donors (Lipinski definition) is 2. The molecule has 25 heavy (non-hydrogen) atoms. The topological polar surface area (TPSA) is 131 Å². The maximum atomic E-state index is 12.4. The summed E-state index contributed by atoms with van der Waals surface area (Å²) in [6.07, 6.45) is 1.03. The predicted octanol–water partition coefficient (Wildman–Crippen LogP) is 1.49. The first kappa shape index (κ1) is 16.1. The van der Waals surface area contributed by atoms with Gasteiger partial charge in [-0.3, -0.25) is 14.9 Å². The molecule has 0 saturated carbocycles. The summed E-state index contributed by atoms with van der Waals surface area (Å²) in [6.45, 7) is 1.61. The van der Waals surface area contributed by atoms with Crippen molar-refractivity contribution < 1.29 is 10.0 Å². The zero-order valence-electron chi connectivity index (χ0n) is 13.0. The average molecular weight is 340 g/mol. The number of H-pyrrole nitrogens is 1. The number of aromatic hydroxyl groups is 1. The van der Waals surface area contributed by atoms with Crippen molar-refractivity contribution in [2.24, 2.45) is 5.10 Å². The monoisotopic (exact) mass is 340 g/mol. The van der Waals surface area contributed by atoms with E-state index >= 15 is 0 Å². The summed E-state index contributed by atoms with van der Waals surface area (Å²) in [6, 6.07) is 9.10. The summed E-state index contributed by atoms with van der Waals surface area (Å²) >= 11 is 0. The second-order valence-corrected chi connectivity index (χ2v) is 5.32. The molecule has 0 amide bonds. The van der Waals surface area contributed by atoms with E-state index in [1.165, 1.54) is 18.2 Å². The van der Waals surface area contributed by atoms with Crippen molar-refractivity contribution in [1.29, 1.82) is 0 Å². The normalized spacial score (nSPS) is 11.2. The highest BCUT2D eigenvalue weighted by Gasteiger charge is 2.17. The number of nitro groups is 1. The molecule has 2 N–H and O–H groups in total. The van der Waals surface area contributed by atoms with Gasteiger partial charge in [0, 0.05) is 11.6 Å². The van der Waals surface area contributed by atoms with E-state index < -0.39 is 27.6 Å². The van der Waals surface area contributed by atoms with Crippen molar-refractivity contribution in [3.63, 3.8) is 0 Å². The Morgan fingerprint density at radius 1 is 1.28 bits per heavy atom. The van der Waals surface area contributed by atoms with Crippen molar-refractivity contribution in [3.8, 4) is 5.75 Å². The van der Waals surface area contributed by atoms with Gasteiger partial charge in [-0.05, 0) is 30.7 Å². The second-order valence-electron chi connectivity index (χ2n) is 5.32. The van der Waals surface area contributed by atoms with Crippen LogP contribution in [0.2, 0.25) is 0 Å². The number of aromatic nitrogens is 2. The van der Waals surface area contributed by atoms with Crippen molar-refractivity contribution in [3.05, 3.63) is 78.5 Å². The molecule has 2 aromatic carbocycles. The third-order valence-electron chi connectivity index (χ3n) is 3.56. The van der Waals surface area contributed by atoms with Gasteiger partial charge < -0.3 is 10.1 Å². The van der Waals surface area contributed by atoms with Crippen LogP contribution in [0.4, 0.5) is 5.69 Å². The number of para-hydroxylation sites is 1. The molecule has 9 heteroatoms. The first-order valence-corrected chi connectivity index (χ1v) is 7.15.